The molecule has 0 aliphatic heterocycles. The maximum Gasteiger partial charge on any atom is 0.245 e. The predicted octanol–water partition coefficient (Wildman–Crippen LogP) is 2.73. The van der Waals surface area contributed by atoms with Gasteiger partial charge in [-0.25, -0.2) is 0 Å². The van der Waals surface area contributed by atoms with Gasteiger partial charge in [0.05, 0.1) is 11.3 Å². The topological polar surface area (TPSA) is 43.6 Å². The summed E-state index contributed by atoms with van der Waals surface area (Å²) in [6.07, 6.45) is 1.79. The minimum atomic E-state index is -0.206. The van der Waals surface area contributed by atoms with Crippen LogP contribution in [0.1, 0.15) is 13.8 Å². The molecule has 0 fully saturated rings. The lowest BCUT2D eigenvalue weighted by atomic mass is 10.3. The van der Waals surface area contributed by atoms with E-state index < -0.39 is 0 Å². The fourth-order valence-corrected chi connectivity index (χ4v) is 2.99. The molecule has 4 nitrogen and oxygen atoms in total. The Morgan fingerprint density at radius 3 is 3.00 bits per heavy atom. The highest BCUT2D eigenvalue weighted by atomic mass is 32.1. The first kappa shape index (κ1) is 13.5. The number of thiazole rings is 1. The summed E-state index contributed by atoms with van der Waals surface area (Å²) >= 11 is 1.48. The predicted molar refractivity (Wildman–Crippen MR) is 77.4 cm³/mol. The lowest BCUT2D eigenvalue weighted by molar-refractivity contribution is -0.116. The normalized spacial score (nSPS) is 11.8. The highest BCUT2D eigenvalue weighted by molar-refractivity contribution is 7.16. The van der Waals surface area contributed by atoms with Crippen LogP contribution < -0.4 is 9.54 Å². The van der Waals surface area contributed by atoms with Crippen LogP contribution in [0.4, 0.5) is 0 Å². The maximum absolute atomic E-state index is 11.2. The second-order valence-electron chi connectivity index (χ2n) is 3.95. The van der Waals surface area contributed by atoms with Gasteiger partial charge in [0.25, 0.3) is 0 Å². The molecule has 100 valence electrons. The molecule has 2 aromatic rings. The van der Waals surface area contributed by atoms with Gasteiger partial charge < -0.3 is 9.30 Å². The second kappa shape index (κ2) is 5.84. The molecular weight excluding hydrogens is 260 g/mol. The van der Waals surface area contributed by atoms with Gasteiger partial charge in [0.15, 0.2) is 4.80 Å². The van der Waals surface area contributed by atoms with Crippen LogP contribution in [0.25, 0.3) is 10.2 Å². The summed E-state index contributed by atoms with van der Waals surface area (Å²) in [6.45, 7) is 8.35. The van der Waals surface area contributed by atoms with E-state index in [9.17, 15) is 4.79 Å². The molecule has 0 saturated heterocycles. The van der Waals surface area contributed by atoms with Gasteiger partial charge in [-0.15, -0.1) is 6.58 Å². The largest absolute Gasteiger partial charge is 0.492 e. The van der Waals surface area contributed by atoms with Crippen LogP contribution in [-0.2, 0) is 11.3 Å². The molecular formula is C14H16N2O2S. The van der Waals surface area contributed by atoms with Crippen molar-refractivity contribution in [3.63, 3.8) is 0 Å². The third-order valence-corrected chi connectivity index (χ3v) is 3.57. The van der Waals surface area contributed by atoms with Crippen LogP contribution in [-0.4, -0.2) is 17.1 Å². The molecule has 0 atom stereocenters. The van der Waals surface area contributed by atoms with E-state index in [1.54, 1.807) is 6.08 Å². The Morgan fingerprint density at radius 2 is 2.37 bits per heavy atom. The molecule has 1 aromatic carbocycles. The van der Waals surface area contributed by atoms with E-state index in [0.29, 0.717) is 18.0 Å². The molecule has 0 bridgehead atoms. The minimum absolute atomic E-state index is 0.206. The molecule has 0 N–H and O–H groups in total. The lowest BCUT2D eigenvalue weighted by Gasteiger charge is -2.07. The molecule has 0 aliphatic carbocycles. The van der Waals surface area contributed by atoms with Crippen LogP contribution in [0.15, 0.2) is 35.8 Å². The number of carbonyl (C=O) groups is 1. The zero-order chi connectivity index (χ0) is 13.8. The van der Waals surface area contributed by atoms with E-state index in [-0.39, 0.29) is 5.91 Å². The molecule has 0 saturated carbocycles. The fraction of sp³-hybridized carbons (Fsp3) is 0.286. The standard InChI is InChI=1S/C14H16N2O2S/c1-4-9-16-13-11(18-5-2)7-6-8-12(13)19-14(16)15-10(3)17/h4,6-8H,1,5,9H2,2-3H3. The number of para-hydroxylation sites is 1. The smallest absolute Gasteiger partial charge is 0.245 e. The number of benzene rings is 1. The molecule has 0 aliphatic rings. The number of amides is 1. The molecule has 0 spiro atoms. The molecule has 2 rings (SSSR count). The number of carbonyl (C=O) groups excluding carboxylic acids is 1. The van der Waals surface area contributed by atoms with E-state index in [2.05, 4.69) is 11.6 Å². The van der Waals surface area contributed by atoms with E-state index in [4.69, 9.17) is 4.74 Å². The summed E-state index contributed by atoms with van der Waals surface area (Å²) in [4.78, 5) is 16.0. The summed E-state index contributed by atoms with van der Waals surface area (Å²) in [7, 11) is 0. The number of hydrogen-bond acceptors (Lipinski definition) is 3. The van der Waals surface area contributed by atoms with Gasteiger partial charge in [0.2, 0.25) is 5.91 Å². The van der Waals surface area contributed by atoms with E-state index in [0.717, 1.165) is 16.0 Å². The van der Waals surface area contributed by atoms with Crippen molar-refractivity contribution >= 4 is 27.5 Å². The lowest BCUT2D eigenvalue weighted by Crippen LogP contribution is -2.15. The minimum Gasteiger partial charge on any atom is -0.492 e. The molecule has 1 amide bonds. The molecule has 1 heterocycles. The first-order valence-electron chi connectivity index (χ1n) is 6.08. The van der Waals surface area contributed by atoms with Gasteiger partial charge in [-0.05, 0) is 19.1 Å². The van der Waals surface area contributed by atoms with Crippen molar-refractivity contribution in [2.24, 2.45) is 4.99 Å². The van der Waals surface area contributed by atoms with E-state index >= 15 is 0 Å². The Morgan fingerprint density at radius 1 is 1.58 bits per heavy atom. The molecule has 1 aromatic heterocycles. The highest BCUT2D eigenvalue weighted by Gasteiger charge is 2.10. The summed E-state index contributed by atoms with van der Waals surface area (Å²) in [5.41, 5.74) is 0.967. The molecule has 19 heavy (non-hydrogen) atoms. The molecule has 0 radical (unpaired) electrons. The van der Waals surface area contributed by atoms with Crippen molar-refractivity contribution in [1.82, 2.24) is 4.57 Å². The fourth-order valence-electron chi connectivity index (χ4n) is 1.89. The monoisotopic (exact) mass is 276 g/mol. The summed E-state index contributed by atoms with van der Waals surface area (Å²) < 4.78 is 8.66. The van der Waals surface area contributed by atoms with Gasteiger partial charge in [0.1, 0.15) is 11.3 Å². The van der Waals surface area contributed by atoms with Crippen LogP contribution in [0.2, 0.25) is 0 Å². The number of nitrogens with zero attached hydrogens (tertiary/aromatic N) is 2. The zero-order valence-electron chi connectivity index (χ0n) is 11.0. The number of allylic oxidation sites excluding steroid dienone is 1. The van der Waals surface area contributed by atoms with Gasteiger partial charge in [-0.1, -0.05) is 23.5 Å². The first-order valence-corrected chi connectivity index (χ1v) is 6.90. The number of hydrogen-bond donors (Lipinski definition) is 0. The van der Waals surface area contributed by atoms with Crippen LogP contribution in [0.5, 0.6) is 5.75 Å². The van der Waals surface area contributed by atoms with Gasteiger partial charge >= 0.3 is 0 Å². The summed E-state index contributed by atoms with van der Waals surface area (Å²) in [5.74, 6) is 0.602. The third kappa shape index (κ3) is 2.76. The van der Waals surface area contributed by atoms with Crippen molar-refractivity contribution in [2.45, 2.75) is 20.4 Å². The van der Waals surface area contributed by atoms with Gasteiger partial charge in [0, 0.05) is 13.5 Å². The maximum atomic E-state index is 11.2. The van der Waals surface area contributed by atoms with Crippen molar-refractivity contribution in [2.75, 3.05) is 6.61 Å². The average molecular weight is 276 g/mol. The zero-order valence-corrected chi connectivity index (χ0v) is 11.9. The van der Waals surface area contributed by atoms with Crippen LogP contribution in [0, 0.1) is 0 Å². The van der Waals surface area contributed by atoms with Crippen LogP contribution >= 0.6 is 11.3 Å². The van der Waals surface area contributed by atoms with Crippen molar-refractivity contribution in [3.05, 3.63) is 35.7 Å². The van der Waals surface area contributed by atoms with Crippen molar-refractivity contribution < 1.29 is 9.53 Å². The number of ether oxygens (including phenoxy) is 1. The van der Waals surface area contributed by atoms with Crippen molar-refractivity contribution in [3.8, 4) is 5.75 Å². The Hall–Kier alpha value is -1.88. The second-order valence-corrected chi connectivity index (χ2v) is 4.96. The molecule has 0 unspecified atom stereocenters. The quantitative estimate of drug-likeness (QED) is 0.806. The van der Waals surface area contributed by atoms with E-state index in [1.165, 1.54) is 18.3 Å². The van der Waals surface area contributed by atoms with Gasteiger partial charge in [-0.2, -0.15) is 4.99 Å². The average Bonchev–Trinajstić information content (AvgIpc) is 2.68. The van der Waals surface area contributed by atoms with Gasteiger partial charge in [-0.3, -0.25) is 4.79 Å². The Kier molecular flexibility index (Phi) is 4.16. The van der Waals surface area contributed by atoms with Crippen LogP contribution in [0.3, 0.4) is 0 Å². The number of rotatable bonds is 4. The first-order chi connectivity index (χ1) is 9.17. The van der Waals surface area contributed by atoms with Crippen molar-refractivity contribution in [1.29, 1.82) is 0 Å². The Bertz CT molecular complexity index is 682. The Labute approximate surface area is 115 Å². The van der Waals surface area contributed by atoms with E-state index in [1.807, 2.05) is 29.7 Å². The highest BCUT2D eigenvalue weighted by Crippen LogP contribution is 2.27. The number of fused-ring (bicyclic) bond motifs is 1. The summed E-state index contributed by atoms with van der Waals surface area (Å²) in [6, 6.07) is 5.87. The summed E-state index contributed by atoms with van der Waals surface area (Å²) in [5, 5.41) is 0. The number of aromatic nitrogens is 1. The Balaban J connectivity index is 2.78. The molecule has 5 heteroatoms. The SMILES string of the molecule is C=CCn1c(=NC(C)=O)sc2cccc(OCC)c21. The third-order valence-electron chi connectivity index (χ3n) is 2.53.